The molecule has 3 rings (SSSR count). The first-order chi connectivity index (χ1) is 12.6. The van der Waals surface area contributed by atoms with E-state index in [0.717, 1.165) is 12.8 Å². The summed E-state index contributed by atoms with van der Waals surface area (Å²) in [6.45, 7) is 3.41. The number of benzene rings is 1. The molecule has 1 heterocycles. The fraction of sp³-hybridized carbons (Fsp3) is 0.526. The number of nitrogens with one attached hydrogen (secondary N) is 2. The molecule has 1 saturated heterocycles. The molecule has 26 heavy (non-hydrogen) atoms. The molecule has 1 aliphatic heterocycles. The Morgan fingerprint density at radius 2 is 1.69 bits per heavy atom. The minimum atomic E-state index is -0.162. The number of hydrogen-bond donors (Lipinski definition) is 2. The van der Waals surface area contributed by atoms with E-state index in [9.17, 15) is 14.4 Å². The first-order valence-electron chi connectivity index (χ1n) is 9.24. The Hall–Kier alpha value is -2.41. The maximum Gasteiger partial charge on any atom is 0.251 e. The lowest BCUT2D eigenvalue weighted by Gasteiger charge is -2.34. The molecule has 0 unspecified atom stereocenters. The molecular formula is C19H26N4O3. The van der Waals surface area contributed by atoms with Crippen molar-refractivity contribution in [1.29, 1.82) is 0 Å². The van der Waals surface area contributed by atoms with Gasteiger partial charge in [-0.3, -0.25) is 19.3 Å². The van der Waals surface area contributed by atoms with Crippen molar-refractivity contribution in [2.75, 3.05) is 39.3 Å². The number of nitrogens with zero attached hydrogens (tertiary/aromatic N) is 2. The predicted molar refractivity (Wildman–Crippen MR) is 97.6 cm³/mol. The second-order valence-corrected chi connectivity index (χ2v) is 6.87. The van der Waals surface area contributed by atoms with E-state index in [1.54, 1.807) is 12.1 Å². The van der Waals surface area contributed by atoms with Gasteiger partial charge in [0.15, 0.2) is 0 Å². The molecule has 0 atom stereocenters. The van der Waals surface area contributed by atoms with Crippen LogP contribution in [0.4, 0.5) is 0 Å². The molecule has 0 spiro atoms. The summed E-state index contributed by atoms with van der Waals surface area (Å²) >= 11 is 0. The summed E-state index contributed by atoms with van der Waals surface area (Å²) < 4.78 is 0. The molecule has 2 fully saturated rings. The Balaban J connectivity index is 1.32. The van der Waals surface area contributed by atoms with Crippen molar-refractivity contribution in [3.63, 3.8) is 0 Å². The molecular weight excluding hydrogens is 332 g/mol. The van der Waals surface area contributed by atoms with E-state index < -0.39 is 0 Å². The summed E-state index contributed by atoms with van der Waals surface area (Å²) in [6.07, 6.45) is 2.48. The quantitative estimate of drug-likeness (QED) is 0.731. The van der Waals surface area contributed by atoms with Crippen LogP contribution < -0.4 is 10.6 Å². The van der Waals surface area contributed by atoms with Gasteiger partial charge in [-0.1, -0.05) is 18.2 Å². The molecule has 7 nitrogen and oxygen atoms in total. The smallest absolute Gasteiger partial charge is 0.251 e. The van der Waals surface area contributed by atoms with Crippen LogP contribution in [0.5, 0.6) is 0 Å². The highest BCUT2D eigenvalue weighted by atomic mass is 16.2. The first kappa shape index (κ1) is 18.4. The Morgan fingerprint density at radius 1 is 1.00 bits per heavy atom. The van der Waals surface area contributed by atoms with E-state index in [2.05, 4.69) is 15.5 Å². The van der Waals surface area contributed by atoms with Gasteiger partial charge in [-0.2, -0.15) is 0 Å². The minimum Gasteiger partial charge on any atom is -0.352 e. The van der Waals surface area contributed by atoms with Crippen molar-refractivity contribution in [3.8, 4) is 0 Å². The van der Waals surface area contributed by atoms with Crippen molar-refractivity contribution in [3.05, 3.63) is 35.9 Å². The van der Waals surface area contributed by atoms with Crippen molar-refractivity contribution >= 4 is 17.7 Å². The highest BCUT2D eigenvalue weighted by Gasteiger charge is 2.26. The average molecular weight is 358 g/mol. The van der Waals surface area contributed by atoms with E-state index in [1.807, 2.05) is 23.1 Å². The van der Waals surface area contributed by atoms with Crippen molar-refractivity contribution < 1.29 is 14.4 Å². The molecule has 1 aromatic rings. The lowest BCUT2D eigenvalue weighted by atomic mass is 10.2. The SMILES string of the molecule is O=C(CN1CCN(C(=O)CCNC(=O)c2ccccc2)CC1)NC1CC1. The maximum atomic E-state index is 12.3. The summed E-state index contributed by atoms with van der Waals surface area (Å²) in [5.41, 5.74) is 0.595. The van der Waals surface area contributed by atoms with Crippen LogP contribution in [0.2, 0.25) is 0 Å². The van der Waals surface area contributed by atoms with Crippen LogP contribution in [0.3, 0.4) is 0 Å². The van der Waals surface area contributed by atoms with Crippen molar-refractivity contribution in [2.45, 2.75) is 25.3 Å². The monoisotopic (exact) mass is 358 g/mol. The zero-order valence-electron chi connectivity index (χ0n) is 14.9. The molecule has 0 aromatic heterocycles. The highest BCUT2D eigenvalue weighted by Crippen LogP contribution is 2.18. The topological polar surface area (TPSA) is 81.8 Å². The molecule has 2 aliphatic rings. The molecule has 0 bridgehead atoms. The Labute approximate surface area is 153 Å². The van der Waals surface area contributed by atoms with Crippen LogP contribution >= 0.6 is 0 Å². The number of rotatable bonds is 7. The van der Waals surface area contributed by atoms with E-state index in [-0.39, 0.29) is 17.7 Å². The minimum absolute atomic E-state index is 0.0421. The molecule has 1 saturated carbocycles. The van der Waals surface area contributed by atoms with Gasteiger partial charge in [0.1, 0.15) is 0 Å². The average Bonchev–Trinajstić information content (AvgIpc) is 3.46. The first-order valence-corrected chi connectivity index (χ1v) is 9.24. The lowest BCUT2D eigenvalue weighted by Crippen LogP contribution is -2.51. The number of piperazine rings is 1. The molecule has 2 N–H and O–H groups in total. The standard InChI is InChI=1S/C19H26N4O3/c24-17(21-16-6-7-16)14-22-10-12-23(13-11-22)18(25)8-9-20-19(26)15-4-2-1-3-5-15/h1-5,16H,6-14H2,(H,20,26)(H,21,24). The normalized spacial score (nSPS) is 17.6. The molecule has 3 amide bonds. The van der Waals surface area contributed by atoms with Gasteiger partial charge in [0.25, 0.3) is 5.91 Å². The zero-order chi connectivity index (χ0) is 18.4. The van der Waals surface area contributed by atoms with Crippen molar-refractivity contribution in [1.82, 2.24) is 20.4 Å². The van der Waals surface area contributed by atoms with Crippen LogP contribution in [0.15, 0.2) is 30.3 Å². The summed E-state index contributed by atoms with van der Waals surface area (Å²) in [4.78, 5) is 39.9. The number of carbonyl (C=O) groups is 3. The van der Waals surface area contributed by atoms with Gasteiger partial charge in [0.2, 0.25) is 11.8 Å². The van der Waals surface area contributed by atoms with Gasteiger partial charge in [0, 0.05) is 50.7 Å². The van der Waals surface area contributed by atoms with Gasteiger partial charge in [-0.15, -0.1) is 0 Å². The summed E-state index contributed by atoms with van der Waals surface area (Å²) in [5, 5.41) is 5.76. The third-order valence-electron chi connectivity index (χ3n) is 4.70. The van der Waals surface area contributed by atoms with E-state index in [0.29, 0.717) is 57.3 Å². The van der Waals surface area contributed by atoms with Crippen LogP contribution in [-0.4, -0.2) is 72.8 Å². The summed E-state index contributed by atoms with van der Waals surface area (Å²) in [6, 6.07) is 9.35. The third kappa shape index (κ3) is 5.56. The van der Waals surface area contributed by atoms with E-state index in [1.165, 1.54) is 0 Å². The molecule has 140 valence electrons. The van der Waals surface area contributed by atoms with Crippen LogP contribution in [0.1, 0.15) is 29.6 Å². The Morgan fingerprint density at radius 3 is 2.35 bits per heavy atom. The molecule has 1 aromatic carbocycles. The van der Waals surface area contributed by atoms with Crippen molar-refractivity contribution in [2.24, 2.45) is 0 Å². The number of amides is 3. The van der Waals surface area contributed by atoms with Crippen LogP contribution in [0, 0.1) is 0 Å². The maximum absolute atomic E-state index is 12.3. The molecule has 1 aliphatic carbocycles. The lowest BCUT2D eigenvalue weighted by molar-refractivity contribution is -0.133. The van der Waals surface area contributed by atoms with Gasteiger partial charge < -0.3 is 15.5 Å². The third-order valence-corrected chi connectivity index (χ3v) is 4.70. The van der Waals surface area contributed by atoms with E-state index >= 15 is 0 Å². The van der Waals surface area contributed by atoms with E-state index in [4.69, 9.17) is 0 Å². The van der Waals surface area contributed by atoms with Gasteiger partial charge in [0.05, 0.1) is 6.54 Å². The fourth-order valence-electron chi connectivity index (χ4n) is 2.99. The van der Waals surface area contributed by atoms with Gasteiger partial charge in [-0.05, 0) is 25.0 Å². The molecule has 0 radical (unpaired) electrons. The Bertz CT molecular complexity index is 637. The van der Waals surface area contributed by atoms with Crippen LogP contribution in [0.25, 0.3) is 0 Å². The highest BCUT2D eigenvalue weighted by molar-refractivity contribution is 5.94. The fourth-order valence-corrected chi connectivity index (χ4v) is 2.99. The summed E-state index contributed by atoms with van der Waals surface area (Å²) in [7, 11) is 0. The zero-order valence-corrected chi connectivity index (χ0v) is 14.9. The Kier molecular flexibility index (Phi) is 6.22. The molecule has 7 heteroatoms. The summed E-state index contributed by atoms with van der Waals surface area (Å²) in [5.74, 6) is -0.0405. The van der Waals surface area contributed by atoms with Gasteiger partial charge in [-0.25, -0.2) is 0 Å². The second kappa shape index (κ2) is 8.80. The second-order valence-electron chi connectivity index (χ2n) is 6.87. The van der Waals surface area contributed by atoms with Crippen LogP contribution in [-0.2, 0) is 9.59 Å². The largest absolute Gasteiger partial charge is 0.352 e. The number of hydrogen-bond acceptors (Lipinski definition) is 4. The predicted octanol–water partition coefficient (Wildman–Crippen LogP) is 0.229. The van der Waals surface area contributed by atoms with Gasteiger partial charge >= 0.3 is 0 Å². The number of carbonyl (C=O) groups excluding carboxylic acids is 3.